The van der Waals surface area contributed by atoms with Crippen LogP contribution >= 0.6 is 0 Å². The molecule has 1 N–H and O–H groups in total. The van der Waals surface area contributed by atoms with Crippen molar-refractivity contribution in [3.8, 4) is 0 Å². The highest BCUT2D eigenvalue weighted by Gasteiger charge is 2.18. The van der Waals surface area contributed by atoms with Gasteiger partial charge < -0.3 is 10.1 Å². The van der Waals surface area contributed by atoms with E-state index in [4.69, 9.17) is 4.74 Å². The molecule has 14 heavy (non-hydrogen) atoms. The van der Waals surface area contributed by atoms with E-state index in [0.717, 1.165) is 31.7 Å². The molecule has 0 amide bonds. The second kappa shape index (κ2) is 7.24. The van der Waals surface area contributed by atoms with Crippen molar-refractivity contribution in [1.82, 2.24) is 5.32 Å². The molecule has 0 saturated heterocycles. The van der Waals surface area contributed by atoms with Crippen LogP contribution in [0.5, 0.6) is 0 Å². The lowest BCUT2D eigenvalue weighted by molar-refractivity contribution is 0.143. The summed E-state index contributed by atoms with van der Waals surface area (Å²) in [5, 5.41) is 3.58. The zero-order valence-corrected chi connectivity index (χ0v) is 9.72. The van der Waals surface area contributed by atoms with Gasteiger partial charge in [0.1, 0.15) is 0 Å². The van der Waals surface area contributed by atoms with E-state index in [1.807, 2.05) is 6.92 Å². The number of hydrogen-bond donors (Lipinski definition) is 1. The fourth-order valence-electron chi connectivity index (χ4n) is 2.25. The minimum Gasteiger partial charge on any atom is -0.380 e. The van der Waals surface area contributed by atoms with Gasteiger partial charge >= 0.3 is 0 Å². The lowest BCUT2D eigenvalue weighted by Gasteiger charge is -2.28. The summed E-state index contributed by atoms with van der Waals surface area (Å²) in [7, 11) is 0. The van der Waals surface area contributed by atoms with Gasteiger partial charge in [0.2, 0.25) is 0 Å². The van der Waals surface area contributed by atoms with Crippen LogP contribution in [0, 0.1) is 5.92 Å². The first kappa shape index (κ1) is 12.0. The molecule has 2 nitrogen and oxygen atoms in total. The van der Waals surface area contributed by atoms with Crippen LogP contribution in [0.15, 0.2) is 0 Å². The largest absolute Gasteiger partial charge is 0.380 e. The summed E-state index contributed by atoms with van der Waals surface area (Å²) < 4.78 is 5.30. The standard InChI is InChI=1S/C12H25NO/c1-3-11-5-7-12(8-6-11)13-9-10-14-4-2/h11-13H,3-10H2,1-2H3. The lowest BCUT2D eigenvalue weighted by atomic mass is 9.84. The normalized spacial score (nSPS) is 27.9. The van der Waals surface area contributed by atoms with Gasteiger partial charge in [-0.2, -0.15) is 0 Å². The average molecular weight is 199 g/mol. The van der Waals surface area contributed by atoms with Gasteiger partial charge in [0.25, 0.3) is 0 Å². The Morgan fingerprint density at radius 2 is 1.86 bits per heavy atom. The number of rotatable bonds is 6. The Bertz CT molecular complexity index is 130. The third-order valence-electron chi connectivity index (χ3n) is 3.31. The van der Waals surface area contributed by atoms with Gasteiger partial charge in [0.15, 0.2) is 0 Å². The fourth-order valence-corrected chi connectivity index (χ4v) is 2.25. The van der Waals surface area contributed by atoms with Crippen LogP contribution in [0.2, 0.25) is 0 Å². The van der Waals surface area contributed by atoms with E-state index in [9.17, 15) is 0 Å². The van der Waals surface area contributed by atoms with Gasteiger partial charge in [0.05, 0.1) is 6.61 Å². The molecule has 0 aromatic carbocycles. The molecule has 1 aliphatic rings. The lowest BCUT2D eigenvalue weighted by Crippen LogP contribution is -2.35. The molecule has 1 fully saturated rings. The van der Waals surface area contributed by atoms with Gasteiger partial charge in [-0.1, -0.05) is 13.3 Å². The monoisotopic (exact) mass is 199 g/mol. The molecule has 0 bridgehead atoms. The maximum atomic E-state index is 5.30. The number of hydrogen-bond acceptors (Lipinski definition) is 2. The maximum absolute atomic E-state index is 5.30. The van der Waals surface area contributed by atoms with E-state index < -0.39 is 0 Å². The Kier molecular flexibility index (Phi) is 6.20. The van der Waals surface area contributed by atoms with E-state index in [2.05, 4.69) is 12.2 Å². The number of ether oxygens (including phenoxy) is 1. The third-order valence-corrected chi connectivity index (χ3v) is 3.31. The molecule has 0 atom stereocenters. The molecule has 1 rings (SSSR count). The smallest absolute Gasteiger partial charge is 0.0590 e. The van der Waals surface area contributed by atoms with Crippen molar-refractivity contribution in [2.75, 3.05) is 19.8 Å². The molecule has 1 aliphatic carbocycles. The van der Waals surface area contributed by atoms with Crippen molar-refractivity contribution < 1.29 is 4.74 Å². The average Bonchev–Trinajstić information content (AvgIpc) is 2.25. The highest BCUT2D eigenvalue weighted by atomic mass is 16.5. The van der Waals surface area contributed by atoms with E-state index in [-0.39, 0.29) is 0 Å². The predicted molar refractivity (Wildman–Crippen MR) is 60.5 cm³/mol. The van der Waals surface area contributed by atoms with Crippen LogP contribution in [0.25, 0.3) is 0 Å². The first-order chi connectivity index (χ1) is 6.86. The first-order valence-corrected chi connectivity index (χ1v) is 6.18. The van der Waals surface area contributed by atoms with Gasteiger partial charge in [-0.3, -0.25) is 0 Å². The number of nitrogens with one attached hydrogen (secondary N) is 1. The molecule has 0 unspecified atom stereocenters. The van der Waals surface area contributed by atoms with E-state index in [1.54, 1.807) is 0 Å². The molecular weight excluding hydrogens is 174 g/mol. The Balaban J connectivity index is 1.98. The molecule has 2 heteroatoms. The topological polar surface area (TPSA) is 21.3 Å². The molecular formula is C12H25NO. The van der Waals surface area contributed by atoms with Gasteiger partial charge in [-0.15, -0.1) is 0 Å². The van der Waals surface area contributed by atoms with Crippen LogP contribution in [-0.2, 0) is 4.74 Å². The summed E-state index contributed by atoms with van der Waals surface area (Å²) >= 11 is 0. The summed E-state index contributed by atoms with van der Waals surface area (Å²) in [4.78, 5) is 0. The summed E-state index contributed by atoms with van der Waals surface area (Å²) in [5.41, 5.74) is 0. The Morgan fingerprint density at radius 3 is 2.43 bits per heavy atom. The Morgan fingerprint density at radius 1 is 1.14 bits per heavy atom. The molecule has 1 saturated carbocycles. The van der Waals surface area contributed by atoms with Crippen molar-refractivity contribution in [1.29, 1.82) is 0 Å². The first-order valence-electron chi connectivity index (χ1n) is 6.18. The molecule has 0 aromatic rings. The summed E-state index contributed by atoms with van der Waals surface area (Å²) in [6, 6.07) is 0.762. The second-order valence-corrected chi connectivity index (χ2v) is 4.28. The van der Waals surface area contributed by atoms with Crippen LogP contribution in [-0.4, -0.2) is 25.8 Å². The van der Waals surface area contributed by atoms with E-state index >= 15 is 0 Å². The van der Waals surface area contributed by atoms with Crippen LogP contribution in [0.3, 0.4) is 0 Å². The highest BCUT2D eigenvalue weighted by Crippen LogP contribution is 2.26. The predicted octanol–water partition coefficient (Wildman–Crippen LogP) is 2.58. The van der Waals surface area contributed by atoms with Crippen molar-refractivity contribution in [2.45, 2.75) is 52.0 Å². The molecule has 0 aliphatic heterocycles. The van der Waals surface area contributed by atoms with E-state index in [0.29, 0.717) is 0 Å². The van der Waals surface area contributed by atoms with Crippen LogP contribution in [0.1, 0.15) is 46.0 Å². The quantitative estimate of drug-likeness (QED) is 0.664. The minimum atomic E-state index is 0.762. The zero-order chi connectivity index (χ0) is 10.2. The second-order valence-electron chi connectivity index (χ2n) is 4.28. The maximum Gasteiger partial charge on any atom is 0.0590 e. The molecule has 0 heterocycles. The summed E-state index contributed by atoms with van der Waals surface area (Å²) in [6.07, 6.45) is 6.94. The minimum absolute atomic E-state index is 0.762. The van der Waals surface area contributed by atoms with Crippen LogP contribution in [0.4, 0.5) is 0 Å². The third kappa shape index (κ3) is 4.43. The van der Waals surface area contributed by atoms with Crippen LogP contribution < -0.4 is 5.32 Å². The highest BCUT2D eigenvalue weighted by molar-refractivity contribution is 4.76. The molecule has 0 radical (unpaired) electrons. The van der Waals surface area contributed by atoms with Crippen molar-refractivity contribution in [2.24, 2.45) is 5.92 Å². The molecule has 84 valence electrons. The van der Waals surface area contributed by atoms with Crippen molar-refractivity contribution >= 4 is 0 Å². The SMILES string of the molecule is CCOCCNC1CCC(CC)CC1. The van der Waals surface area contributed by atoms with E-state index in [1.165, 1.54) is 32.1 Å². The van der Waals surface area contributed by atoms with Gasteiger partial charge in [-0.05, 0) is 38.5 Å². The molecule has 0 aromatic heterocycles. The fraction of sp³-hybridized carbons (Fsp3) is 1.00. The van der Waals surface area contributed by atoms with Gasteiger partial charge in [0, 0.05) is 19.2 Å². The molecule has 0 spiro atoms. The Labute approximate surface area is 88.4 Å². The summed E-state index contributed by atoms with van der Waals surface area (Å²) in [6.45, 7) is 7.09. The summed E-state index contributed by atoms with van der Waals surface area (Å²) in [5.74, 6) is 1.000. The van der Waals surface area contributed by atoms with Gasteiger partial charge in [-0.25, -0.2) is 0 Å². The Hall–Kier alpha value is -0.0800. The zero-order valence-electron chi connectivity index (χ0n) is 9.72. The van der Waals surface area contributed by atoms with Crippen molar-refractivity contribution in [3.05, 3.63) is 0 Å². The van der Waals surface area contributed by atoms with Crippen molar-refractivity contribution in [3.63, 3.8) is 0 Å².